The smallest absolute Gasteiger partial charge is 0.462 e. The maximum atomic E-state index is 12.9. The second-order valence-electron chi connectivity index (χ2n) is 26.7. The van der Waals surface area contributed by atoms with Crippen LogP contribution >= 0.6 is 7.82 Å². The fraction of sp³-hybridized carbons (Fsp3) is 0.821. The lowest BCUT2D eigenvalue weighted by molar-refractivity contribution is -0.870. The van der Waals surface area contributed by atoms with Gasteiger partial charge in [-0.15, -0.1) is 0 Å². The van der Waals surface area contributed by atoms with E-state index in [9.17, 15) is 19.0 Å². The van der Waals surface area contributed by atoms with Gasteiger partial charge in [-0.05, 0) is 83.5 Å². The molecule has 0 fully saturated rings. The topological polar surface area (TPSA) is 108 Å². The number of hydrogen-bond acceptors (Lipinski definition) is 7. The van der Waals surface area contributed by atoms with E-state index in [0.29, 0.717) is 23.9 Å². The van der Waals surface area contributed by atoms with Gasteiger partial charge in [-0.3, -0.25) is 18.6 Å². The average molecular weight is 1260 g/mol. The van der Waals surface area contributed by atoms with Crippen LogP contribution in [0.15, 0.2) is 72.9 Å². The first-order chi connectivity index (χ1) is 43.0. The lowest BCUT2D eigenvalue weighted by atomic mass is 10.0. The fourth-order valence-electron chi connectivity index (χ4n) is 11.0. The predicted octanol–water partition coefficient (Wildman–Crippen LogP) is 24.7. The van der Waals surface area contributed by atoms with Gasteiger partial charge in [0.25, 0.3) is 0 Å². The highest BCUT2D eigenvalue weighted by Gasteiger charge is 2.27. The lowest BCUT2D eigenvalue weighted by Gasteiger charge is -2.24. The number of carbonyl (C=O) groups excluding carboxylic acids is 2. The number of carbonyl (C=O) groups is 2. The Morgan fingerprint density at radius 2 is 0.648 bits per heavy atom. The summed E-state index contributed by atoms with van der Waals surface area (Å²) in [6.07, 6.45) is 93.2. The van der Waals surface area contributed by atoms with Crippen LogP contribution in [-0.2, 0) is 32.7 Å². The normalized spacial score (nSPS) is 13.5. The molecule has 9 nitrogen and oxygen atoms in total. The van der Waals surface area contributed by atoms with Crippen molar-refractivity contribution in [3.8, 4) is 0 Å². The Morgan fingerprint density at radius 3 is 0.977 bits per heavy atom. The molecule has 0 aliphatic heterocycles. The Labute approximate surface area is 546 Å². The molecule has 0 amide bonds. The van der Waals surface area contributed by atoms with E-state index in [-0.39, 0.29) is 25.6 Å². The molecule has 88 heavy (non-hydrogen) atoms. The second-order valence-corrected chi connectivity index (χ2v) is 28.1. The van der Waals surface area contributed by atoms with Crippen LogP contribution in [0.4, 0.5) is 0 Å². The Kier molecular flexibility index (Phi) is 66.8. The third-order valence-electron chi connectivity index (χ3n) is 16.7. The number of unbranched alkanes of at least 4 members (excludes halogenated alkanes) is 44. The van der Waals surface area contributed by atoms with E-state index in [0.717, 1.165) is 70.6 Å². The van der Waals surface area contributed by atoms with Crippen LogP contribution in [0.2, 0.25) is 0 Å². The zero-order chi connectivity index (χ0) is 64.1. The van der Waals surface area contributed by atoms with Gasteiger partial charge >= 0.3 is 19.8 Å². The first-order valence-electron chi connectivity index (χ1n) is 37.7. The molecule has 514 valence electrons. The van der Waals surface area contributed by atoms with Crippen LogP contribution in [0.3, 0.4) is 0 Å². The first-order valence-corrected chi connectivity index (χ1v) is 39.2. The fourth-order valence-corrected chi connectivity index (χ4v) is 11.7. The predicted molar refractivity (Wildman–Crippen MR) is 381 cm³/mol. The van der Waals surface area contributed by atoms with Crippen molar-refractivity contribution in [1.82, 2.24) is 0 Å². The molecule has 0 aliphatic carbocycles. The number of allylic oxidation sites excluding steroid dienone is 12. The van der Waals surface area contributed by atoms with Crippen LogP contribution in [-0.4, -0.2) is 74.9 Å². The molecule has 0 bridgehead atoms. The van der Waals surface area contributed by atoms with Crippen LogP contribution in [0, 0.1) is 0 Å². The summed E-state index contributed by atoms with van der Waals surface area (Å²) in [7, 11) is 1.49. The third-order valence-corrected chi connectivity index (χ3v) is 17.7. The largest absolute Gasteiger partial charge is 0.472 e. The molecule has 2 atom stereocenters. The van der Waals surface area contributed by atoms with E-state index in [4.69, 9.17) is 18.5 Å². The zero-order valence-electron chi connectivity index (χ0n) is 58.7. The van der Waals surface area contributed by atoms with Gasteiger partial charge in [-0.25, -0.2) is 4.57 Å². The maximum absolute atomic E-state index is 12.9. The van der Waals surface area contributed by atoms with E-state index in [1.807, 2.05) is 21.1 Å². The molecule has 0 heterocycles. The average Bonchev–Trinajstić information content (AvgIpc) is 3.68. The van der Waals surface area contributed by atoms with Crippen LogP contribution in [0.5, 0.6) is 0 Å². The molecule has 0 saturated heterocycles. The SMILES string of the molecule is CC/C=C\C/C=C\C/C=C\C/C=C\C/C=C\CCCCCCCCCCCCCCCC(=O)OC(COC(=O)CCCCCCCCCCCCCCCCCCCCCCCCC/C=C\CCCCCCCCCC)COP(=O)(O)OCC[N+](C)(C)C. The van der Waals surface area contributed by atoms with Crippen molar-refractivity contribution in [2.45, 2.75) is 367 Å². The molecular formula is C78H145NO8P+. The number of esters is 2. The van der Waals surface area contributed by atoms with Gasteiger partial charge in [-0.2, -0.15) is 0 Å². The monoisotopic (exact) mass is 1260 g/mol. The Hall–Kier alpha value is -2.55. The van der Waals surface area contributed by atoms with E-state index < -0.39 is 26.5 Å². The van der Waals surface area contributed by atoms with E-state index in [1.54, 1.807) is 0 Å². The third kappa shape index (κ3) is 72.5. The van der Waals surface area contributed by atoms with Gasteiger partial charge in [-0.1, -0.05) is 337 Å². The summed E-state index contributed by atoms with van der Waals surface area (Å²) in [5.74, 6) is -0.783. The Balaban J connectivity index is 3.96. The van der Waals surface area contributed by atoms with Gasteiger partial charge in [0.2, 0.25) is 0 Å². The first kappa shape index (κ1) is 85.5. The van der Waals surface area contributed by atoms with Gasteiger partial charge in [0.1, 0.15) is 19.8 Å². The molecule has 0 aromatic rings. The summed E-state index contributed by atoms with van der Waals surface area (Å²) in [5, 5.41) is 0. The molecule has 10 heteroatoms. The lowest BCUT2D eigenvalue weighted by Crippen LogP contribution is -2.37. The standard InChI is InChI=1S/C78H144NO8P/c1-6-8-10-12-14-16-18-20-22-24-26-28-30-32-34-36-37-38-39-40-41-43-44-46-48-50-52-54-56-58-60-62-64-66-68-70-77(80)84-74-76(75-86-88(82,83)85-73-72-79(3,4)5)87-78(81)71-69-67-65-63-61-59-57-55-53-51-49-47-45-42-35-33-31-29-27-25-23-21-19-17-15-13-11-9-7-2/h9,11,15,17,21,23-24,26-27,29,33,35,76H,6-8,10,12-14,16,18-20,22,25,28,30-32,34,36-75H2,1-5H3/p+1/b11-9-,17-15-,23-21-,26-24-,29-27-,35-33-. The Morgan fingerprint density at radius 1 is 0.364 bits per heavy atom. The highest BCUT2D eigenvalue weighted by atomic mass is 31.2. The minimum atomic E-state index is -4.40. The number of phosphoric ester groups is 1. The summed E-state index contributed by atoms with van der Waals surface area (Å²) >= 11 is 0. The highest BCUT2D eigenvalue weighted by Crippen LogP contribution is 2.43. The number of quaternary nitrogens is 1. The van der Waals surface area contributed by atoms with Crippen molar-refractivity contribution < 1.29 is 42.1 Å². The van der Waals surface area contributed by atoms with Crippen molar-refractivity contribution in [3.63, 3.8) is 0 Å². The van der Waals surface area contributed by atoms with E-state index in [2.05, 4.69) is 86.8 Å². The summed E-state index contributed by atoms with van der Waals surface area (Å²) in [5.41, 5.74) is 0. The van der Waals surface area contributed by atoms with Gasteiger partial charge in [0.05, 0.1) is 27.7 Å². The van der Waals surface area contributed by atoms with Gasteiger partial charge < -0.3 is 18.9 Å². The number of ether oxygens (including phenoxy) is 2. The van der Waals surface area contributed by atoms with Crippen molar-refractivity contribution >= 4 is 19.8 Å². The van der Waals surface area contributed by atoms with Gasteiger partial charge in [0.15, 0.2) is 6.10 Å². The summed E-state index contributed by atoms with van der Waals surface area (Å²) in [4.78, 5) is 35.9. The second kappa shape index (κ2) is 68.8. The summed E-state index contributed by atoms with van der Waals surface area (Å²) in [6, 6.07) is 0. The van der Waals surface area contributed by atoms with Crippen molar-refractivity contribution in [3.05, 3.63) is 72.9 Å². The van der Waals surface area contributed by atoms with Gasteiger partial charge in [0, 0.05) is 12.8 Å². The van der Waals surface area contributed by atoms with E-state index in [1.165, 1.54) is 257 Å². The molecule has 1 N–H and O–H groups in total. The number of nitrogens with zero attached hydrogens (tertiary/aromatic N) is 1. The summed E-state index contributed by atoms with van der Waals surface area (Å²) in [6.45, 7) is 4.37. The van der Waals surface area contributed by atoms with E-state index >= 15 is 0 Å². The molecular weight excluding hydrogens is 1110 g/mol. The van der Waals surface area contributed by atoms with Crippen molar-refractivity contribution in [1.29, 1.82) is 0 Å². The number of phosphoric acid groups is 1. The molecule has 0 rings (SSSR count). The zero-order valence-corrected chi connectivity index (χ0v) is 59.6. The molecule has 0 radical (unpaired) electrons. The number of hydrogen-bond donors (Lipinski definition) is 1. The highest BCUT2D eigenvalue weighted by molar-refractivity contribution is 7.47. The quantitative estimate of drug-likeness (QED) is 0.0211. The van der Waals surface area contributed by atoms with Crippen molar-refractivity contribution in [2.24, 2.45) is 0 Å². The molecule has 0 spiro atoms. The molecule has 0 aliphatic rings. The molecule has 2 unspecified atom stereocenters. The van der Waals surface area contributed by atoms with Crippen LogP contribution in [0.1, 0.15) is 361 Å². The summed E-state index contributed by atoms with van der Waals surface area (Å²) < 4.78 is 34.8. The molecule has 0 aromatic carbocycles. The van der Waals surface area contributed by atoms with Crippen LogP contribution < -0.4 is 0 Å². The van der Waals surface area contributed by atoms with Crippen molar-refractivity contribution in [2.75, 3.05) is 47.5 Å². The minimum absolute atomic E-state index is 0.0313. The molecule has 0 aromatic heterocycles. The minimum Gasteiger partial charge on any atom is -0.462 e. The maximum Gasteiger partial charge on any atom is 0.472 e. The number of likely N-dealkylation sites (N-methyl/N-ethyl adjacent to an activating group) is 1. The molecule has 0 saturated carbocycles. The Bertz CT molecular complexity index is 1710. The van der Waals surface area contributed by atoms with Crippen LogP contribution in [0.25, 0.3) is 0 Å². The number of rotatable bonds is 70.